The molecular formula is C62H40N4S. The van der Waals surface area contributed by atoms with Gasteiger partial charge < -0.3 is 0 Å². The molecular weight excluding hydrogens is 833 g/mol. The first kappa shape index (κ1) is 39.9. The van der Waals surface area contributed by atoms with Crippen LogP contribution in [0.3, 0.4) is 0 Å². The molecule has 0 N–H and O–H groups in total. The second kappa shape index (κ2) is 17.4. The first-order valence-electron chi connectivity index (χ1n) is 22.5. The van der Waals surface area contributed by atoms with E-state index in [0.717, 1.165) is 65.8 Å². The van der Waals surface area contributed by atoms with E-state index in [0.29, 0.717) is 17.5 Å². The van der Waals surface area contributed by atoms with Crippen LogP contribution in [0.15, 0.2) is 243 Å². The van der Waals surface area contributed by atoms with Gasteiger partial charge in [-0.15, -0.1) is 11.3 Å². The second-order valence-electron chi connectivity index (χ2n) is 16.6. The zero-order chi connectivity index (χ0) is 44.5. The number of pyridine rings is 1. The summed E-state index contributed by atoms with van der Waals surface area (Å²) in [6, 6.07) is 85.5. The van der Waals surface area contributed by atoms with Crippen LogP contribution in [0.1, 0.15) is 0 Å². The number of thiophene rings is 1. The molecule has 0 fully saturated rings. The summed E-state index contributed by atoms with van der Waals surface area (Å²) >= 11 is 1.83. The lowest BCUT2D eigenvalue weighted by molar-refractivity contribution is 1.07. The van der Waals surface area contributed by atoms with E-state index in [1.165, 1.54) is 38.1 Å². The molecule has 9 aromatic carbocycles. The van der Waals surface area contributed by atoms with Gasteiger partial charge in [0.1, 0.15) is 0 Å². The molecule has 0 unspecified atom stereocenters. The Bertz CT molecular complexity index is 3610. The van der Waals surface area contributed by atoms with Crippen LogP contribution < -0.4 is 0 Å². The Hall–Kier alpha value is -8.64. The minimum absolute atomic E-state index is 0.622. The molecule has 0 aliphatic heterocycles. The number of rotatable bonds is 9. The Morgan fingerprint density at radius 3 is 1.21 bits per heavy atom. The second-order valence-corrected chi connectivity index (χ2v) is 17.6. The lowest BCUT2D eigenvalue weighted by Crippen LogP contribution is -2.00. The standard InChI is InChI=1S/C62H40N4S/c1-6-20-41(21-7-1)50-38-51(42-22-8-2-9-23-42)40-52(39-50)58-55(56-53-34-16-17-35-54(53)63-57(59(56)67-58)43-24-10-3-11-25-43)48-32-18-30-46(36-48)47-31-19-33-49(37-47)62-65-60(44-26-12-4-13-27-44)64-61(66-62)45-28-14-5-15-29-45/h1-40H. The number of nitrogens with zero attached hydrogens (tertiary/aromatic N) is 4. The molecule has 0 atom stereocenters. The molecule has 0 spiro atoms. The molecule has 0 amide bonds. The largest absolute Gasteiger partial charge is 0.246 e. The summed E-state index contributed by atoms with van der Waals surface area (Å²) in [5.41, 5.74) is 16.2. The van der Waals surface area contributed by atoms with Crippen LogP contribution in [0.25, 0.3) is 121 Å². The van der Waals surface area contributed by atoms with Crippen LogP contribution in [0, 0.1) is 0 Å². The number of hydrogen-bond donors (Lipinski definition) is 0. The van der Waals surface area contributed by atoms with Gasteiger partial charge in [-0.05, 0) is 80.9 Å². The highest BCUT2D eigenvalue weighted by atomic mass is 32.1. The van der Waals surface area contributed by atoms with E-state index in [-0.39, 0.29) is 0 Å². The highest BCUT2D eigenvalue weighted by Gasteiger charge is 2.24. The van der Waals surface area contributed by atoms with Crippen molar-refractivity contribution >= 4 is 32.3 Å². The van der Waals surface area contributed by atoms with Crippen molar-refractivity contribution in [2.75, 3.05) is 0 Å². The molecule has 0 saturated carbocycles. The van der Waals surface area contributed by atoms with Crippen LogP contribution in [0.4, 0.5) is 0 Å². The molecule has 12 aromatic rings. The first-order chi connectivity index (χ1) is 33.2. The minimum Gasteiger partial charge on any atom is -0.246 e. The Balaban J connectivity index is 1.08. The van der Waals surface area contributed by atoms with Crippen LogP contribution in [-0.4, -0.2) is 19.9 Å². The lowest BCUT2D eigenvalue weighted by atomic mass is 9.91. The van der Waals surface area contributed by atoms with Gasteiger partial charge in [0.15, 0.2) is 17.5 Å². The van der Waals surface area contributed by atoms with Crippen LogP contribution >= 0.6 is 11.3 Å². The Morgan fingerprint density at radius 1 is 0.269 bits per heavy atom. The molecule has 5 heteroatoms. The zero-order valence-corrected chi connectivity index (χ0v) is 37.1. The van der Waals surface area contributed by atoms with Crippen molar-refractivity contribution < 1.29 is 0 Å². The SMILES string of the molecule is c1ccc(-c2cc(-c3ccccc3)cc(-c3sc4c(-c5ccccc5)nc5ccccc5c4c3-c3cccc(-c4cccc(-c5nc(-c6ccccc6)nc(-c6ccccc6)n5)c4)c3)c2)cc1. The number of benzene rings is 9. The third-order valence-corrected chi connectivity index (χ3v) is 13.5. The van der Waals surface area contributed by atoms with E-state index in [1.54, 1.807) is 0 Å². The topological polar surface area (TPSA) is 51.6 Å². The van der Waals surface area contributed by atoms with Gasteiger partial charge in [0.25, 0.3) is 0 Å². The van der Waals surface area contributed by atoms with E-state index in [2.05, 4.69) is 182 Å². The molecule has 3 heterocycles. The summed E-state index contributed by atoms with van der Waals surface area (Å²) in [7, 11) is 0. The Kier molecular flexibility index (Phi) is 10.4. The van der Waals surface area contributed by atoms with Crippen molar-refractivity contribution in [1.82, 2.24) is 19.9 Å². The predicted molar refractivity (Wildman–Crippen MR) is 279 cm³/mol. The monoisotopic (exact) mass is 872 g/mol. The summed E-state index contributed by atoms with van der Waals surface area (Å²) < 4.78 is 1.16. The molecule has 4 nitrogen and oxygen atoms in total. The van der Waals surface area contributed by atoms with Crippen LogP contribution in [0.2, 0.25) is 0 Å². The highest BCUT2D eigenvalue weighted by Crippen LogP contribution is 2.51. The van der Waals surface area contributed by atoms with Crippen molar-refractivity contribution in [2.45, 2.75) is 0 Å². The summed E-state index contributed by atoms with van der Waals surface area (Å²) in [5.74, 6) is 1.89. The van der Waals surface area contributed by atoms with Crippen molar-refractivity contribution in [3.05, 3.63) is 243 Å². The minimum atomic E-state index is 0.622. The van der Waals surface area contributed by atoms with Gasteiger partial charge in [-0.1, -0.05) is 206 Å². The van der Waals surface area contributed by atoms with Gasteiger partial charge in [0.05, 0.1) is 15.9 Å². The van der Waals surface area contributed by atoms with Gasteiger partial charge in [0.2, 0.25) is 0 Å². The quantitative estimate of drug-likeness (QED) is 0.145. The van der Waals surface area contributed by atoms with Gasteiger partial charge in [-0.2, -0.15) is 0 Å². The van der Waals surface area contributed by atoms with Crippen molar-refractivity contribution in [2.24, 2.45) is 0 Å². The van der Waals surface area contributed by atoms with Gasteiger partial charge in [0, 0.05) is 43.5 Å². The zero-order valence-electron chi connectivity index (χ0n) is 36.3. The molecule has 314 valence electrons. The molecule has 0 bridgehead atoms. The summed E-state index contributed by atoms with van der Waals surface area (Å²) in [6.07, 6.45) is 0. The summed E-state index contributed by atoms with van der Waals surface area (Å²) in [4.78, 5) is 21.7. The third-order valence-electron chi connectivity index (χ3n) is 12.3. The molecule has 0 aliphatic carbocycles. The smallest absolute Gasteiger partial charge is 0.164 e. The van der Waals surface area contributed by atoms with E-state index >= 15 is 0 Å². The molecule has 67 heavy (non-hydrogen) atoms. The van der Waals surface area contributed by atoms with Crippen LogP contribution in [0.5, 0.6) is 0 Å². The fourth-order valence-electron chi connectivity index (χ4n) is 9.06. The van der Waals surface area contributed by atoms with Crippen molar-refractivity contribution in [1.29, 1.82) is 0 Å². The van der Waals surface area contributed by atoms with E-state index < -0.39 is 0 Å². The van der Waals surface area contributed by atoms with Gasteiger partial charge >= 0.3 is 0 Å². The molecule has 0 aliphatic rings. The highest BCUT2D eigenvalue weighted by molar-refractivity contribution is 7.23. The normalized spacial score (nSPS) is 11.3. The summed E-state index contributed by atoms with van der Waals surface area (Å²) in [6.45, 7) is 0. The van der Waals surface area contributed by atoms with Gasteiger partial charge in [-0.25, -0.2) is 19.9 Å². The molecule has 0 saturated heterocycles. The van der Waals surface area contributed by atoms with Gasteiger partial charge in [-0.3, -0.25) is 0 Å². The number of para-hydroxylation sites is 1. The third kappa shape index (κ3) is 7.78. The molecule has 12 rings (SSSR count). The average Bonchev–Trinajstić information content (AvgIpc) is 3.83. The van der Waals surface area contributed by atoms with Crippen molar-refractivity contribution in [3.8, 4) is 100 Å². The fraction of sp³-hybridized carbons (Fsp3) is 0. The first-order valence-corrected chi connectivity index (χ1v) is 23.3. The van der Waals surface area contributed by atoms with E-state index in [4.69, 9.17) is 19.9 Å². The number of fused-ring (bicyclic) bond motifs is 3. The maximum Gasteiger partial charge on any atom is 0.164 e. The molecule has 3 aromatic heterocycles. The Morgan fingerprint density at radius 2 is 0.657 bits per heavy atom. The predicted octanol–water partition coefficient (Wildman–Crippen LogP) is 16.6. The lowest BCUT2D eigenvalue weighted by Gasteiger charge is -2.14. The average molecular weight is 873 g/mol. The summed E-state index contributed by atoms with van der Waals surface area (Å²) in [5, 5.41) is 2.33. The molecule has 0 radical (unpaired) electrons. The van der Waals surface area contributed by atoms with E-state index in [9.17, 15) is 0 Å². The number of hydrogen-bond acceptors (Lipinski definition) is 5. The van der Waals surface area contributed by atoms with Crippen molar-refractivity contribution in [3.63, 3.8) is 0 Å². The number of aromatic nitrogens is 4. The maximum atomic E-state index is 5.39. The van der Waals surface area contributed by atoms with E-state index in [1.807, 2.05) is 72.0 Å². The maximum absolute atomic E-state index is 5.39. The fourth-order valence-corrected chi connectivity index (χ4v) is 10.4. The van der Waals surface area contributed by atoms with Crippen LogP contribution in [-0.2, 0) is 0 Å². The Labute approximate surface area is 393 Å².